The second-order valence-corrected chi connectivity index (χ2v) is 6.24. The second kappa shape index (κ2) is 6.45. The van der Waals surface area contributed by atoms with E-state index in [1.165, 1.54) is 0 Å². The van der Waals surface area contributed by atoms with Crippen molar-refractivity contribution in [2.45, 2.75) is 45.8 Å². The van der Waals surface area contributed by atoms with E-state index < -0.39 is 6.10 Å². The molecular weight excluding hydrogens is 268 g/mol. The molecule has 1 aromatic carbocycles. The molecule has 116 valence electrons. The highest BCUT2D eigenvalue weighted by molar-refractivity contribution is 5.80. The van der Waals surface area contributed by atoms with Gasteiger partial charge < -0.3 is 19.7 Å². The van der Waals surface area contributed by atoms with Crippen molar-refractivity contribution in [2.75, 3.05) is 13.2 Å². The van der Waals surface area contributed by atoms with E-state index in [4.69, 9.17) is 9.26 Å². The molecule has 0 spiro atoms. The summed E-state index contributed by atoms with van der Waals surface area (Å²) < 4.78 is 10.9. The van der Waals surface area contributed by atoms with Gasteiger partial charge in [0.25, 0.3) is 0 Å². The van der Waals surface area contributed by atoms with Gasteiger partial charge in [-0.1, -0.05) is 12.1 Å². The number of fused-ring (bicyclic) bond motifs is 1. The lowest BCUT2D eigenvalue weighted by Gasteiger charge is -2.22. The molecule has 2 N–H and O–H groups in total. The fourth-order valence-electron chi connectivity index (χ4n) is 1.99. The van der Waals surface area contributed by atoms with Crippen LogP contribution in [-0.4, -0.2) is 35.1 Å². The van der Waals surface area contributed by atoms with Crippen LogP contribution in [0.1, 0.15) is 33.4 Å². The molecule has 0 bridgehead atoms. The topological polar surface area (TPSA) is 67.5 Å². The summed E-state index contributed by atoms with van der Waals surface area (Å²) in [5.41, 5.74) is 1.65. The Kier molecular flexibility index (Phi) is 4.85. The van der Waals surface area contributed by atoms with Gasteiger partial charge in [0.2, 0.25) is 0 Å². The molecule has 2 rings (SSSR count). The van der Waals surface area contributed by atoms with Crippen LogP contribution >= 0.6 is 0 Å². The highest BCUT2D eigenvalue weighted by atomic mass is 16.5. The lowest BCUT2D eigenvalue weighted by atomic mass is 10.1. The molecule has 1 heterocycles. The van der Waals surface area contributed by atoms with Crippen molar-refractivity contribution >= 4 is 11.0 Å². The predicted molar refractivity (Wildman–Crippen MR) is 82.6 cm³/mol. The molecule has 0 amide bonds. The summed E-state index contributed by atoms with van der Waals surface area (Å²) in [7, 11) is 0. The Hall–Kier alpha value is -1.59. The minimum Gasteiger partial charge on any atom is -0.491 e. The number of hydrogen-bond acceptors (Lipinski definition) is 5. The number of nitrogens with zero attached hydrogens (tertiary/aromatic N) is 1. The smallest absolute Gasteiger partial charge is 0.170 e. The van der Waals surface area contributed by atoms with E-state index in [2.05, 4.69) is 31.2 Å². The third-order valence-corrected chi connectivity index (χ3v) is 3.16. The maximum Gasteiger partial charge on any atom is 0.170 e. The van der Waals surface area contributed by atoms with Gasteiger partial charge in [-0.15, -0.1) is 0 Å². The fourth-order valence-corrected chi connectivity index (χ4v) is 1.99. The molecule has 2 aromatic rings. The lowest BCUT2D eigenvalue weighted by molar-refractivity contribution is 0.100. The number of aryl methyl sites for hydroxylation is 1. The summed E-state index contributed by atoms with van der Waals surface area (Å²) in [6.07, 6.45) is 0.283. The summed E-state index contributed by atoms with van der Waals surface area (Å²) in [5, 5.41) is 18.2. The molecule has 0 radical (unpaired) electrons. The van der Waals surface area contributed by atoms with Gasteiger partial charge in [-0.05, 0) is 39.3 Å². The SMILES string of the molecule is CCc1noc2cc(OCC(O)CNC(C)(C)C)ccc12. The Morgan fingerprint density at radius 1 is 1.38 bits per heavy atom. The molecule has 1 unspecified atom stereocenters. The van der Waals surface area contributed by atoms with Crippen LogP contribution in [0.3, 0.4) is 0 Å². The number of hydrogen-bond donors (Lipinski definition) is 2. The van der Waals surface area contributed by atoms with E-state index in [0.717, 1.165) is 17.5 Å². The highest BCUT2D eigenvalue weighted by Gasteiger charge is 2.13. The van der Waals surface area contributed by atoms with Gasteiger partial charge in [-0.2, -0.15) is 0 Å². The molecule has 0 aliphatic carbocycles. The summed E-state index contributed by atoms with van der Waals surface area (Å²) >= 11 is 0. The summed E-state index contributed by atoms with van der Waals surface area (Å²) in [4.78, 5) is 0. The molecule has 1 atom stereocenters. The molecule has 5 nitrogen and oxygen atoms in total. The Labute approximate surface area is 125 Å². The van der Waals surface area contributed by atoms with Crippen LogP contribution in [0.5, 0.6) is 5.75 Å². The number of ether oxygens (including phenoxy) is 1. The van der Waals surface area contributed by atoms with Crippen molar-refractivity contribution in [2.24, 2.45) is 0 Å². The van der Waals surface area contributed by atoms with Gasteiger partial charge in [-0.25, -0.2) is 0 Å². The van der Waals surface area contributed by atoms with Gasteiger partial charge in [0, 0.05) is 23.5 Å². The van der Waals surface area contributed by atoms with Crippen LogP contribution in [0, 0.1) is 0 Å². The van der Waals surface area contributed by atoms with Crippen molar-refractivity contribution < 1.29 is 14.4 Å². The predicted octanol–water partition coefficient (Wildman–Crippen LogP) is 2.52. The maximum absolute atomic E-state index is 9.91. The second-order valence-electron chi connectivity index (χ2n) is 6.24. The molecule has 0 fully saturated rings. The summed E-state index contributed by atoms with van der Waals surface area (Å²) in [5.74, 6) is 0.677. The average molecular weight is 292 g/mol. The van der Waals surface area contributed by atoms with Gasteiger partial charge >= 0.3 is 0 Å². The lowest BCUT2D eigenvalue weighted by Crippen LogP contribution is -2.42. The van der Waals surface area contributed by atoms with Crippen LogP contribution in [0.2, 0.25) is 0 Å². The Balaban J connectivity index is 1.91. The molecule has 0 saturated heterocycles. The first-order valence-corrected chi connectivity index (χ1v) is 7.33. The zero-order chi connectivity index (χ0) is 15.5. The van der Waals surface area contributed by atoms with E-state index in [1.54, 1.807) is 0 Å². The Bertz CT molecular complexity index is 587. The molecule has 0 aliphatic heterocycles. The first-order valence-electron chi connectivity index (χ1n) is 7.33. The normalized spacial score (nSPS) is 13.6. The summed E-state index contributed by atoms with van der Waals surface area (Å²) in [6.45, 7) is 8.95. The van der Waals surface area contributed by atoms with Crippen LogP contribution in [0.25, 0.3) is 11.0 Å². The monoisotopic (exact) mass is 292 g/mol. The van der Waals surface area contributed by atoms with E-state index in [-0.39, 0.29) is 12.1 Å². The standard InChI is InChI=1S/C16H24N2O3/c1-5-14-13-7-6-12(8-15(13)21-18-14)20-10-11(19)9-17-16(2,3)4/h6-8,11,17,19H,5,9-10H2,1-4H3. The molecule has 0 aliphatic rings. The third kappa shape index (κ3) is 4.44. The van der Waals surface area contributed by atoms with E-state index >= 15 is 0 Å². The van der Waals surface area contributed by atoms with Crippen LogP contribution < -0.4 is 10.1 Å². The molecule has 21 heavy (non-hydrogen) atoms. The van der Waals surface area contributed by atoms with Gasteiger partial charge in [0.05, 0.1) is 5.69 Å². The molecule has 0 saturated carbocycles. The quantitative estimate of drug-likeness (QED) is 0.856. The van der Waals surface area contributed by atoms with E-state index in [0.29, 0.717) is 17.9 Å². The number of β-amino-alcohol motifs (C(OH)–C–C–N with tert-alkyl or cyclic N) is 1. The van der Waals surface area contributed by atoms with Gasteiger partial charge in [0.15, 0.2) is 5.58 Å². The number of aromatic nitrogens is 1. The van der Waals surface area contributed by atoms with Crippen molar-refractivity contribution in [1.82, 2.24) is 10.5 Å². The number of aliphatic hydroxyl groups excluding tert-OH is 1. The fraction of sp³-hybridized carbons (Fsp3) is 0.562. The van der Waals surface area contributed by atoms with Crippen LogP contribution in [0.4, 0.5) is 0 Å². The van der Waals surface area contributed by atoms with Crippen molar-refractivity contribution in [1.29, 1.82) is 0 Å². The minimum atomic E-state index is -0.555. The van der Waals surface area contributed by atoms with Gasteiger partial charge in [-0.3, -0.25) is 0 Å². The number of rotatable bonds is 6. The van der Waals surface area contributed by atoms with E-state index in [9.17, 15) is 5.11 Å². The first-order chi connectivity index (χ1) is 9.89. The molecule has 1 aromatic heterocycles. The number of nitrogens with one attached hydrogen (secondary N) is 1. The summed E-state index contributed by atoms with van der Waals surface area (Å²) in [6, 6.07) is 5.63. The number of aliphatic hydroxyl groups is 1. The molecule has 5 heteroatoms. The maximum atomic E-state index is 9.91. The largest absolute Gasteiger partial charge is 0.491 e. The van der Waals surface area contributed by atoms with E-state index in [1.807, 2.05) is 25.1 Å². The number of benzene rings is 1. The van der Waals surface area contributed by atoms with Gasteiger partial charge in [0.1, 0.15) is 18.5 Å². The van der Waals surface area contributed by atoms with Crippen LogP contribution in [0.15, 0.2) is 22.7 Å². The Morgan fingerprint density at radius 3 is 2.81 bits per heavy atom. The first kappa shape index (κ1) is 15.8. The van der Waals surface area contributed by atoms with Crippen molar-refractivity contribution in [3.63, 3.8) is 0 Å². The average Bonchev–Trinajstić information content (AvgIpc) is 2.84. The zero-order valence-electron chi connectivity index (χ0n) is 13.1. The Morgan fingerprint density at radius 2 is 2.14 bits per heavy atom. The highest BCUT2D eigenvalue weighted by Crippen LogP contribution is 2.24. The van der Waals surface area contributed by atoms with Crippen molar-refractivity contribution in [3.05, 3.63) is 23.9 Å². The van der Waals surface area contributed by atoms with Crippen molar-refractivity contribution in [3.8, 4) is 5.75 Å². The third-order valence-electron chi connectivity index (χ3n) is 3.16. The molecular formula is C16H24N2O3. The minimum absolute atomic E-state index is 0.0176. The zero-order valence-corrected chi connectivity index (χ0v) is 13.1. The van der Waals surface area contributed by atoms with Crippen LogP contribution in [-0.2, 0) is 6.42 Å².